The number of piperazine rings is 1. The molecule has 3 N–H and O–H groups in total. The molecule has 0 spiro atoms. The van der Waals surface area contributed by atoms with Gasteiger partial charge in [-0.1, -0.05) is 6.07 Å². The minimum atomic E-state index is -4.50. The molecular formula is C15H15F3N4O3. The summed E-state index contributed by atoms with van der Waals surface area (Å²) in [6.45, 7) is 0.116. The van der Waals surface area contributed by atoms with E-state index in [-0.39, 0.29) is 37.0 Å². The van der Waals surface area contributed by atoms with Crippen LogP contribution >= 0.6 is 0 Å². The van der Waals surface area contributed by atoms with Crippen molar-refractivity contribution in [1.82, 2.24) is 15.5 Å². The fourth-order valence-electron chi connectivity index (χ4n) is 2.97. The van der Waals surface area contributed by atoms with Crippen molar-refractivity contribution in [2.75, 3.05) is 18.4 Å². The van der Waals surface area contributed by atoms with E-state index in [4.69, 9.17) is 0 Å². The zero-order valence-corrected chi connectivity index (χ0v) is 12.9. The molecule has 1 aromatic carbocycles. The molecule has 2 fully saturated rings. The number of carbonyl (C=O) groups is 3. The van der Waals surface area contributed by atoms with Gasteiger partial charge in [-0.3, -0.25) is 9.59 Å². The second kappa shape index (κ2) is 6.26. The lowest BCUT2D eigenvalue weighted by molar-refractivity contribution is -0.143. The van der Waals surface area contributed by atoms with Gasteiger partial charge in [0.1, 0.15) is 6.04 Å². The Morgan fingerprint density at radius 2 is 2.04 bits per heavy atom. The molecule has 0 aliphatic carbocycles. The number of urea groups is 1. The predicted molar refractivity (Wildman–Crippen MR) is 80.5 cm³/mol. The summed E-state index contributed by atoms with van der Waals surface area (Å²) in [5.41, 5.74) is -0.873. The summed E-state index contributed by atoms with van der Waals surface area (Å²) in [5, 5.41) is 7.38. The van der Waals surface area contributed by atoms with Gasteiger partial charge in [-0.15, -0.1) is 0 Å². The molecule has 2 aliphatic heterocycles. The van der Waals surface area contributed by atoms with Crippen molar-refractivity contribution in [2.24, 2.45) is 0 Å². The lowest BCUT2D eigenvalue weighted by Gasteiger charge is -2.28. The summed E-state index contributed by atoms with van der Waals surface area (Å²) in [5.74, 6) is -0.505. The van der Waals surface area contributed by atoms with Gasteiger partial charge in [-0.2, -0.15) is 13.2 Å². The van der Waals surface area contributed by atoms with E-state index in [1.54, 1.807) is 0 Å². The number of benzene rings is 1. The first-order valence-corrected chi connectivity index (χ1v) is 7.56. The Kier molecular flexibility index (Phi) is 4.27. The molecule has 1 aromatic rings. The van der Waals surface area contributed by atoms with Crippen LogP contribution in [-0.2, 0) is 15.8 Å². The van der Waals surface area contributed by atoms with Gasteiger partial charge < -0.3 is 20.9 Å². The van der Waals surface area contributed by atoms with Crippen LogP contribution < -0.4 is 16.0 Å². The maximum Gasteiger partial charge on any atom is 0.416 e. The molecule has 2 heterocycles. The first-order valence-electron chi connectivity index (χ1n) is 7.56. The van der Waals surface area contributed by atoms with Gasteiger partial charge in [0, 0.05) is 12.2 Å². The fourth-order valence-corrected chi connectivity index (χ4v) is 2.97. The van der Waals surface area contributed by atoms with E-state index in [0.717, 1.165) is 12.1 Å². The van der Waals surface area contributed by atoms with Crippen LogP contribution in [0, 0.1) is 0 Å². The van der Waals surface area contributed by atoms with E-state index in [1.165, 1.54) is 17.0 Å². The number of anilines is 1. The van der Waals surface area contributed by atoms with E-state index in [0.29, 0.717) is 0 Å². The van der Waals surface area contributed by atoms with Crippen molar-refractivity contribution in [2.45, 2.75) is 24.7 Å². The Labute approximate surface area is 140 Å². The summed E-state index contributed by atoms with van der Waals surface area (Å²) in [7, 11) is 0. The van der Waals surface area contributed by atoms with Crippen LogP contribution in [0.5, 0.6) is 0 Å². The summed E-state index contributed by atoms with van der Waals surface area (Å²) in [6, 6.07) is 2.48. The van der Waals surface area contributed by atoms with Crippen LogP contribution in [0.15, 0.2) is 24.3 Å². The molecule has 2 atom stereocenters. The number of fused-ring (bicyclic) bond motifs is 1. The van der Waals surface area contributed by atoms with Crippen LogP contribution in [-0.4, -0.2) is 47.9 Å². The number of hydrogen-bond acceptors (Lipinski definition) is 3. The van der Waals surface area contributed by atoms with Crippen molar-refractivity contribution in [3.8, 4) is 0 Å². The minimum absolute atomic E-state index is 0.00290. The Balaban J connectivity index is 1.60. The highest BCUT2D eigenvalue weighted by molar-refractivity contribution is 5.96. The molecule has 0 bridgehead atoms. The predicted octanol–water partition coefficient (Wildman–Crippen LogP) is 0.926. The van der Waals surface area contributed by atoms with Crippen molar-refractivity contribution in [3.63, 3.8) is 0 Å². The molecular weight excluding hydrogens is 341 g/mol. The van der Waals surface area contributed by atoms with E-state index >= 15 is 0 Å². The highest BCUT2D eigenvalue weighted by Crippen LogP contribution is 2.30. The smallest absolute Gasteiger partial charge is 0.345 e. The first-order chi connectivity index (χ1) is 11.7. The Hall–Kier alpha value is -2.78. The molecule has 0 saturated carbocycles. The lowest BCUT2D eigenvalue weighted by Crippen LogP contribution is -2.55. The lowest BCUT2D eigenvalue weighted by atomic mass is 10.1. The quantitative estimate of drug-likeness (QED) is 0.736. The molecule has 2 aliphatic rings. The van der Waals surface area contributed by atoms with Crippen LogP contribution in [0.3, 0.4) is 0 Å². The van der Waals surface area contributed by atoms with Crippen molar-refractivity contribution in [1.29, 1.82) is 0 Å². The van der Waals surface area contributed by atoms with E-state index in [1.807, 2.05) is 0 Å². The molecule has 2 saturated heterocycles. The fraction of sp³-hybridized carbons (Fsp3) is 0.400. The van der Waals surface area contributed by atoms with Gasteiger partial charge in [-0.05, 0) is 24.6 Å². The van der Waals surface area contributed by atoms with Gasteiger partial charge >= 0.3 is 12.2 Å². The molecule has 134 valence electrons. The zero-order valence-electron chi connectivity index (χ0n) is 12.9. The molecule has 7 nitrogen and oxygen atoms in total. The van der Waals surface area contributed by atoms with Crippen LogP contribution in [0.2, 0.25) is 0 Å². The van der Waals surface area contributed by atoms with Crippen LogP contribution in [0.4, 0.5) is 23.7 Å². The molecule has 0 radical (unpaired) electrons. The molecule has 25 heavy (non-hydrogen) atoms. The number of hydrogen-bond donors (Lipinski definition) is 3. The highest BCUT2D eigenvalue weighted by Gasteiger charge is 2.42. The third-order valence-corrected chi connectivity index (χ3v) is 4.12. The number of nitrogens with one attached hydrogen (secondary N) is 3. The summed E-state index contributed by atoms with van der Waals surface area (Å²) >= 11 is 0. The molecule has 0 unspecified atom stereocenters. The minimum Gasteiger partial charge on any atom is -0.345 e. The average Bonchev–Trinajstić information content (AvgIpc) is 2.95. The number of rotatable bonds is 2. The molecule has 0 aromatic heterocycles. The van der Waals surface area contributed by atoms with Gasteiger partial charge in [0.15, 0.2) is 0 Å². The van der Waals surface area contributed by atoms with Gasteiger partial charge in [0.05, 0.1) is 18.2 Å². The number of alkyl halides is 3. The normalized spacial score (nSPS) is 23.1. The van der Waals surface area contributed by atoms with E-state index < -0.39 is 29.9 Å². The van der Waals surface area contributed by atoms with Gasteiger partial charge in [0.25, 0.3) is 0 Å². The number of nitrogens with zero attached hydrogens (tertiary/aromatic N) is 1. The topological polar surface area (TPSA) is 90.5 Å². The molecule has 10 heteroatoms. The monoisotopic (exact) mass is 356 g/mol. The Bertz CT molecular complexity index is 698. The maximum absolute atomic E-state index is 12.7. The SMILES string of the molecule is O=C(Nc1cccc(C(F)(F)F)c1)N[C@@H]1C[C@H]2C(=O)NCC(=O)N2C1. The molecule has 4 amide bonds. The standard InChI is InChI=1S/C15H15F3N4O3/c16-15(17,18)8-2-1-3-9(4-8)20-14(25)21-10-5-11-13(24)19-6-12(23)22(11)7-10/h1-4,10-11H,5-7H2,(H,19,24)(H2,20,21,25)/t10-,11+/m1/s1. The Morgan fingerprint density at radius 3 is 2.72 bits per heavy atom. The summed E-state index contributed by atoms with van der Waals surface area (Å²) in [4.78, 5) is 36.9. The first kappa shape index (κ1) is 17.1. The maximum atomic E-state index is 12.7. The second-order valence-electron chi connectivity index (χ2n) is 5.89. The van der Waals surface area contributed by atoms with E-state index in [9.17, 15) is 27.6 Å². The van der Waals surface area contributed by atoms with Crippen molar-refractivity contribution >= 4 is 23.5 Å². The van der Waals surface area contributed by atoms with E-state index in [2.05, 4.69) is 16.0 Å². The number of amides is 4. The highest BCUT2D eigenvalue weighted by atomic mass is 19.4. The number of halogens is 3. The zero-order chi connectivity index (χ0) is 18.2. The summed E-state index contributed by atoms with van der Waals surface area (Å²) < 4.78 is 38.0. The molecule has 3 rings (SSSR count). The van der Waals surface area contributed by atoms with Gasteiger partial charge in [0.2, 0.25) is 11.8 Å². The number of carbonyl (C=O) groups excluding carboxylic acids is 3. The third kappa shape index (κ3) is 3.67. The van der Waals surface area contributed by atoms with Gasteiger partial charge in [-0.25, -0.2) is 4.79 Å². The third-order valence-electron chi connectivity index (χ3n) is 4.12. The van der Waals surface area contributed by atoms with Crippen molar-refractivity contribution < 1.29 is 27.6 Å². The average molecular weight is 356 g/mol. The van der Waals surface area contributed by atoms with Crippen LogP contribution in [0.1, 0.15) is 12.0 Å². The Morgan fingerprint density at radius 1 is 1.28 bits per heavy atom. The second-order valence-corrected chi connectivity index (χ2v) is 5.89. The van der Waals surface area contributed by atoms with Crippen molar-refractivity contribution in [3.05, 3.63) is 29.8 Å². The van der Waals surface area contributed by atoms with Crippen LogP contribution in [0.25, 0.3) is 0 Å². The summed E-state index contributed by atoms with van der Waals surface area (Å²) in [6.07, 6.45) is -4.25. The largest absolute Gasteiger partial charge is 0.416 e.